The summed E-state index contributed by atoms with van der Waals surface area (Å²) >= 11 is 3.38. The first-order valence-corrected chi connectivity index (χ1v) is 12.5. The van der Waals surface area contributed by atoms with Crippen molar-refractivity contribution >= 4 is 39.6 Å². The second-order valence-corrected chi connectivity index (χ2v) is 9.56. The molecular formula is C26H27BrN4O5. The molecule has 0 aromatic heterocycles. The van der Waals surface area contributed by atoms with Crippen LogP contribution in [0.4, 0.5) is 0 Å². The average molecular weight is 555 g/mol. The van der Waals surface area contributed by atoms with Crippen LogP contribution in [0.5, 0.6) is 5.75 Å². The van der Waals surface area contributed by atoms with Crippen LogP contribution in [0.3, 0.4) is 0 Å². The van der Waals surface area contributed by atoms with Gasteiger partial charge in [-0.25, -0.2) is 9.79 Å². The van der Waals surface area contributed by atoms with E-state index in [0.29, 0.717) is 30.6 Å². The summed E-state index contributed by atoms with van der Waals surface area (Å²) in [6.07, 6.45) is 1.97. The molecule has 0 bridgehead atoms. The zero-order valence-electron chi connectivity index (χ0n) is 19.7. The Bertz CT molecular complexity index is 1220. The van der Waals surface area contributed by atoms with Gasteiger partial charge in [0.25, 0.3) is 0 Å². The minimum absolute atomic E-state index is 0.108. The summed E-state index contributed by atoms with van der Waals surface area (Å²) in [7, 11) is 0. The van der Waals surface area contributed by atoms with E-state index in [1.54, 1.807) is 24.3 Å². The van der Waals surface area contributed by atoms with Crippen LogP contribution in [0.25, 0.3) is 0 Å². The number of carbonyl (C=O) groups excluding carboxylic acids is 3. The van der Waals surface area contributed by atoms with Crippen molar-refractivity contribution in [3.05, 3.63) is 75.5 Å². The predicted octanol–water partition coefficient (Wildman–Crippen LogP) is 2.76. The van der Waals surface area contributed by atoms with E-state index in [1.165, 1.54) is 12.1 Å². The lowest BCUT2D eigenvalue weighted by Crippen LogP contribution is -2.52. The van der Waals surface area contributed by atoms with Crippen molar-refractivity contribution < 1.29 is 24.2 Å². The summed E-state index contributed by atoms with van der Waals surface area (Å²) in [5.74, 6) is -1.23. The van der Waals surface area contributed by atoms with Gasteiger partial charge in [0.05, 0.1) is 0 Å². The van der Waals surface area contributed by atoms with Gasteiger partial charge in [-0.2, -0.15) is 0 Å². The number of hydrogen-bond donors (Lipinski definition) is 3. The third-order valence-electron chi connectivity index (χ3n) is 6.23. The van der Waals surface area contributed by atoms with Gasteiger partial charge in [0.2, 0.25) is 17.7 Å². The number of allylic oxidation sites excluding steroid dienone is 1. The summed E-state index contributed by atoms with van der Waals surface area (Å²) in [5.41, 5.74) is 7.80. The summed E-state index contributed by atoms with van der Waals surface area (Å²) in [6.45, 7) is 2.47. The highest BCUT2D eigenvalue weighted by Crippen LogP contribution is 2.30. The van der Waals surface area contributed by atoms with Gasteiger partial charge in [-0.3, -0.25) is 9.59 Å². The third kappa shape index (κ3) is 5.59. The molecule has 10 heteroatoms. The van der Waals surface area contributed by atoms with E-state index in [4.69, 9.17) is 10.5 Å². The van der Waals surface area contributed by atoms with Crippen molar-refractivity contribution in [2.75, 3.05) is 6.54 Å². The number of aromatic hydroxyl groups is 1. The van der Waals surface area contributed by atoms with Crippen LogP contribution in [0.2, 0.25) is 0 Å². The quantitative estimate of drug-likeness (QED) is 0.339. The van der Waals surface area contributed by atoms with E-state index < -0.39 is 24.0 Å². The van der Waals surface area contributed by atoms with Crippen molar-refractivity contribution in [3.63, 3.8) is 0 Å². The van der Waals surface area contributed by atoms with Gasteiger partial charge in [-0.15, -0.1) is 0 Å². The molecule has 2 aliphatic heterocycles. The molecule has 0 radical (unpaired) electrons. The van der Waals surface area contributed by atoms with Crippen molar-refractivity contribution in [1.82, 2.24) is 10.2 Å². The Labute approximate surface area is 217 Å². The topological polar surface area (TPSA) is 134 Å². The molecule has 2 aromatic carbocycles. The number of esters is 1. The molecule has 9 nitrogen and oxygen atoms in total. The SMILES string of the molecule is CC/C(=C1/N=C(c2ccc(Br)cc2)OC1=O)N1CCC[C@H]1C(=O)N[C@@H](Cc1ccc(O)cc1)C(N)=O. The number of halogens is 1. The fourth-order valence-electron chi connectivity index (χ4n) is 4.43. The lowest BCUT2D eigenvalue weighted by atomic mass is 10.0. The Morgan fingerprint density at radius 2 is 1.92 bits per heavy atom. The Morgan fingerprint density at radius 1 is 1.22 bits per heavy atom. The molecule has 1 saturated heterocycles. The lowest BCUT2D eigenvalue weighted by molar-refractivity contribution is -0.131. The number of nitrogens with zero attached hydrogens (tertiary/aromatic N) is 2. The summed E-state index contributed by atoms with van der Waals surface area (Å²) in [5, 5.41) is 12.3. The van der Waals surface area contributed by atoms with Crippen LogP contribution in [0.1, 0.15) is 37.3 Å². The van der Waals surface area contributed by atoms with E-state index in [9.17, 15) is 19.5 Å². The molecule has 0 spiro atoms. The lowest BCUT2D eigenvalue weighted by Gasteiger charge is -2.29. The molecule has 0 aliphatic carbocycles. The Balaban J connectivity index is 1.55. The number of phenols is 1. The molecule has 2 aliphatic rings. The number of likely N-dealkylation sites (tertiary alicyclic amines) is 1. The van der Waals surface area contributed by atoms with Crippen LogP contribution in [0, 0.1) is 0 Å². The van der Waals surface area contributed by atoms with Gasteiger partial charge in [0, 0.05) is 28.7 Å². The number of phenolic OH excluding ortho intramolecular Hbond substituents is 1. The number of amides is 2. The highest BCUT2D eigenvalue weighted by Gasteiger charge is 2.37. The first-order valence-electron chi connectivity index (χ1n) is 11.7. The molecule has 36 heavy (non-hydrogen) atoms. The monoisotopic (exact) mass is 554 g/mol. The largest absolute Gasteiger partial charge is 0.508 e. The van der Waals surface area contributed by atoms with E-state index >= 15 is 0 Å². The zero-order valence-corrected chi connectivity index (χ0v) is 21.3. The highest BCUT2D eigenvalue weighted by atomic mass is 79.9. The number of carbonyl (C=O) groups is 3. The normalized spacial score (nSPS) is 19.5. The molecule has 2 amide bonds. The van der Waals surface area contributed by atoms with Gasteiger partial charge >= 0.3 is 5.97 Å². The standard InChI is InChI=1S/C26H27BrN4O5/c1-2-20(22-26(35)36-25(30-22)16-7-9-17(27)10-8-16)31-13-3-4-21(31)24(34)29-19(23(28)33)14-15-5-11-18(32)12-6-15/h5-12,19,21,32H,2-4,13-14H2,1H3,(H2,28,33)(H,29,34)/b22-20-/t19-,21-/m0/s1. The molecule has 2 atom stereocenters. The van der Waals surface area contributed by atoms with E-state index in [1.807, 2.05) is 24.0 Å². The fraction of sp³-hybridized carbons (Fsp3) is 0.308. The van der Waals surface area contributed by atoms with Gasteiger partial charge in [-0.05, 0) is 61.2 Å². The number of ether oxygens (including phenoxy) is 1. The molecule has 4 rings (SSSR count). The Hall–Kier alpha value is -3.66. The number of benzene rings is 2. The van der Waals surface area contributed by atoms with Crippen LogP contribution in [-0.2, 0) is 25.5 Å². The minimum atomic E-state index is -0.916. The number of nitrogens with one attached hydrogen (secondary N) is 1. The average Bonchev–Trinajstić information content (AvgIpc) is 3.49. The number of hydrogen-bond acceptors (Lipinski definition) is 7. The number of primary amides is 1. The fourth-order valence-corrected chi connectivity index (χ4v) is 4.70. The van der Waals surface area contributed by atoms with Crippen LogP contribution in [-0.4, -0.2) is 52.3 Å². The number of aliphatic imine (C=N–C) groups is 1. The molecule has 2 aromatic rings. The first kappa shape index (κ1) is 25.4. The minimum Gasteiger partial charge on any atom is -0.508 e. The number of rotatable bonds is 8. The first-order chi connectivity index (χ1) is 17.3. The second-order valence-electron chi connectivity index (χ2n) is 8.65. The van der Waals surface area contributed by atoms with Crippen molar-refractivity contribution in [1.29, 1.82) is 0 Å². The smallest absolute Gasteiger partial charge is 0.365 e. The maximum atomic E-state index is 13.3. The Morgan fingerprint density at radius 3 is 2.56 bits per heavy atom. The van der Waals surface area contributed by atoms with Crippen molar-refractivity contribution in [3.8, 4) is 5.75 Å². The van der Waals surface area contributed by atoms with Crippen LogP contribution < -0.4 is 11.1 Å². The maximum absolute atomic E-state index is 13.3. The predicted molar refractivity (Wildman–Crippen MR) is 137 cm³/mol. The van der Waals surface area contributed by atoms with Gasteiger partial charge in [0.15, 0.2) is 5.70 Å². The molecular weight excluding hydrogens is 528 g/mol. The maximum Gasteiger partial charge on any atom is 0.365 e. The summed E-state index contributed by atoms with van der Waals surface area (Å²) in [4.78, 5) is 44.4. The summed E-state index contributed by atoms with van der Waals surface area (Å²) in [6, 6.07) is 12.1. The van der Waals surface area contributed by atoms with E-state index in [-0.39, 0.29) is 29.7 Å². The van der Waals surface area contributed by atoms with E-state index in [2.05, 4.69) is 26.2 Å². The van der Waals surface area contributed by atoms with Crippen molar-refractivity contribution in [2.45, 2.75) is 44.7 Å². The molecule has 2 heterocycles. The number of nitrogens with two attached hydrogens (primary N) is 1. The third-order valence-corrected chi connectivity index (χ3v) is 6.76. The Kier molecular flexibility index (Phi) is 7.73. The van der Waals surface area contributed by atoms with Gasteiger partial charge < -0.3 is 25.8 Å². The number of cyclic esters (lactones) is 1. The molecule has 4 N–H and O–H groups in total. The van der Waals surface area contributed by atoms with Gasteiger partial charge in [-0.1, -0.05) is 35.0 Å². The summed E-state index contributed by atoms with van der Waals surface area (Å²) < 4.78 is 6.34. The second kappa shape index (κ2) is 10.9. The molecule has 188 valence electrons. The highest BCUT2D eigenvalue weighted by molar-refractivity contribution is 9.10. The zero-order chi connectivity index (χ0) is 25.8. The van der Waals surface area contributed by atoms with Crippen LogP contribution >= 0.6 is 15.9 Å². The molecule has 0 saturated carbocycles. The molecule has 1 fully saturated rings. The molecule has 0 unspecified atom stereocenters. The van der Waals surface area contributed by atoms with Crippen LogP contribution in [0.15, 0.2) is 69.4 Å². The van der Waals surface area contributed by atoms with Gasteiger partial charge in [0.1, 0.15) is 17.8 Å². The van der Waals surface area contributed by atoms with Crippen molar-refractivity contribution in [2.24, 2.45) is 10.7 Å². The van der Waals surface area contributed by atoms with E-state index in [0.717, 1.165) is 16.5 Å².